The van der Waals surface area contributed by atoms with E-state index in [9.17, 15) is 13.2 Å². The molecule has 0 atom stereocenters. The Morgan fingerprint density at radius 2 is 1.78 bits per heavy atom. The zero-order valence-corrected chi connectivity index (χ0v) is 9.49. The SMILES string of the molecule is CC(=Cc1cc(F)c(F)c(F)c1)c1cnccn1. The highest BCUT2D eigenvalue weighted by atomic mass is 19.2. The molecule has 0 radical (unpaired) electrons. The van der Waals surface area contributed by atoms with Crippen LogP contribution in [-0.4, -0.2) is 9.97 Å². The van der Waals surface area contributed by atoms with E-state index in [2.05, 4.69) is 9.97 Å². The standard InChI is InChI=1S/C13H9F3N2/c1-8(12-7-17-2-3-18-12)4-9-5-10(14)13(16)11(15)6-9/h2-7H,1H3. The lowest BCUT2D eigenvalue weighted by atomic mass is 10.1. The van der Waals surface area contributed by atoms with E-state index in [4.69, 9.17) is 0 Å². The van der Waals surface area contributed by atoms with Crippen molar-refractivity contribution in [2.45, 2.75) is 6.92 Å². The molecule has 18 heavy (non-hydrogen) atoms. The van der Waals surface area contributed by atoms with Gasteiger partial charge in [0.15, 0.2) is 17.5 Å². The quantitative estimate of drug-likeness (QED) is 0.763. The minimum atomic E-state index is -1.47. The van der Waals surface area contributed by atoms with Gasteiger partial charge >= 0.3 is 0 Å². The largest absolute Gasteiger partial charge is 0.261 e. The third-order valence-corrected chi connectivity index (χ3v) is 2.36. The van der Waals surface area contributed by atoms with Crippen molar-refractivity contribution in [2.75, 3.05) is 0 Å². The predicted molar refractivity (Wildman–Crippen MR) is 61.9 cm³/mol. The van der Waals surface area contributed by atoms with Crippen LogP contribution in [0.4, 0.5) is 13.2 Å². The summed E-state index contributed by atoms with van der Waals surface area (Å²) in [5, 5.41) is 0. The van der Waals surface area contributed by atoms with Crippen molar-refractivity contribution in [2.24, 2.45) is 0 Å². The summed E-state index contributed by atoms with van der Waals surface area (Å²) < 4.78 is 38.8. The van der Waals surface area contributed by atoms with Gasteiger partial charge in [-0.05, 0) is 36.3 Å². The fourth-order valence-corrected chi connectivity index (χ4v) is 1.49. The van der Waals surface area contributed by atoms with Gasteiger partial charge in [0.1, 0.15) is 0 Å². The first-order valence-corrected chi connectivity index (χ1v) is 5.17. The fourth-order valence-electron chi connectivity index (χ4n) is 1.49. The predicted octanol–water partition coefficient (Wildman–Crippen LogP) is 3.45. The molecule has 2 rings (SSSR count). The maximum absolute atomic E-state index is 13.0. The molecule has 1 aromatic heterocycles. The van der Waals surface area contributed by atoms with Gasteiger partial charge in [-0.1, -0.05) is 0 Å². The average Bonchev–Trinajstić information content (AvgIpc) is 2.37. The van der Waals surface area contributed by atoms with E-state index in [-0.39, 0.29) is 5.56 Å². The van der Waals surface area contributed by atoms with E-state index in [0.717, 1.165) is 12.1 Å². The fraction of sp³-hybridized carbons (Fsp3) is 0.0769. The van der Waals surface area contributed by atoms with E-state index in [1.807, 2.05) is 0 Å². The molecular weight excluding hydrogens is 241 g/mol. The Balaban J connectivity index is 2.39. The lowest BCUT2D eigenvalue weighted by molar-refractivity contribution is 0.447. The lowest BCUT2D eigenvalue weighted by Crippen LogP contribution is -1.92. The molecule has 0 N–H and O–H groups in total. The Morgan fingerprint density at radius 1 is 1.11 bits per heavy atom. The highest BCUT2D eigenvalue weighted by molar-refractivity contribution is 5.78. The molecule has 0 aliphatic heterocycles. The van der Waals surface area contributed by atoms with Gasteiger partial charge in [-0.3, -0.25) is 9.97 Å². The van der Waals surface area contributed by atoms with E-state index >= 15 is 0 Å². The second-order valence-corrected chi connectivity index (χ2v) is 3.72. The normalized spacial score (nSPS) is 11.7. The van der Waals surface area contributed by atoms with Gasteiger partial charge in [0.05, 0.1) is 11.9 Å². The van der Waals surface area contributed by atoms with Crippen LogP contribution in [0.2, 0.25) is 0 Å². The van der Waals surface area contributed by atoms with Crippen LogP contribution < -0.4 is 0 Å². The average molecular weight is 250 g/mol. The number of rotatable bonds is 2. The summed E-state index contributed by atoms with van der Waals surface area (Å²) in [5.41, 5.74) is 1.49. The zero-order valence-electron chi connectivity index (χ0n) is 9.49. The van der Waals surface area contributed by atoms with Crippen molar-refractivity contribution in [3.63, 3.8) is 0 Å². The molecule has 2 nitrogen and oxygen atoms in total. The van der Waals surface area contributed by atoms with Crippen molar-refractivity contribution < 1.29 is 13.2 Å². The number of hydrogen-bond acceptors (Lipinski definition) is 2. The molecular formula is C13H9F3N2. The van der Waals surface area contributed by atoms with Gasteiger partial charge in [-0.2, -0.15) is 0 Å². The Kier molecular flexibility index (Phi) is 3.41. The van der Waals surface area contributed by atoms with E-state index in [1.165, 1.54) is 24.7 Å². The van der Waals surface area contributed by atoms with Crippen LogP contribution in [0.3, 0.4) is 0 Å². The Labute approximate surface area is 102 Å². The summed E-state index contributed by atoms with van der Waals surface area (Å²) in [7, 11) is 0. The molecule has 0 fully saturated rings. The van der Waals surface area contributed by atoms with Crippen LogP contribution in [0.5, 0.6) is 0 Å². The van der Waals surface area contributed by atoms with Crippen molar-refractivity contribution in [1.82, 2.24) is 9.97 Å². The minimum Gasteiger partial charge on any atom is -0.261 e. The van der Waals surface area contributed by atoms with E-state index in [0.29, 0.717) is 11.3 Å². The Bertz CT molecular complexity index is 571. The molecule has 0 bridgehead atoms. The first-order valence-electron chi connectivity index (χ1n) is 5.17. The van der Waals surface area contributed by atoms with Crippen LogP contribution in [0.25, 0.3) is 11.6 Å². The molecule has 0 amide bonds. The zero-order chi connectivity index (χ0) is 13.1. The summed E-state index contributed by atoms with van der Waals surface area (Å²) >= 11 is 0. The van der Waals surface area contributed by atoms with Crippen molar-refractivity contribution in [1.29, 1.82) is 0 Å². The van der Waals surface area contributed by atoms with Crippen LogP contribution in [0.15, 0.2) is 30.7 Å². The third-order valence-electron chi connectivity index (χ3n) is 2.36. The minimum absolute atomic E-state index is 0.231. The molecule has 2 aromatic rings. The Morgan fingerprint density at radius 3 is 2.33 bits per heavy atom. The van der Waals surface area contributed by atoms with Crippen LogP contribution >= 0.6 is 0 Å². The van der Waals surface area contributed by atoms with Gasteiger partial charge in [0.25, 0.3) is 0 Å². The molecule has 0 spiro atoms. The Hall–Kier alpha value is -2.17. The topological polar surface area (TPSA) is 25.8 Å². The smallest absolute Gasteiger partial charge is 0.194 e. The molecule has 0 aliphatic rings. The molecule has 0 aliphatic carbocycles. The van der Waals surface area contributed by atoms with Gasteiger partial charge in [-0.15, -0.1) is 0 Å². The molecule has 92 valence electrons. The second-order valence-electron chi connectivity index (χ2n) is 3.72. The molecule has 0 unspecified atom stereocenters. The first-order chi connectivity index (χ1) is 8.58. The maximum atomic E-state index is 13.0. The number of aromatic nitrogens is 2. The van der Waals surface area contributed by atoms with Gasteiger partial charge in [0.2, 0.25) is 0 Å². The number of allylic oxidation sites excluding steroid dienone is 1. The van der Waals surface area contributed by atoms with E-state index < -0.39 is 17.5 Å². The highest BCUT2D eigenvalue weighted by Gasteiger charge is 2.09. The first kappa shape index (κ1) is 12.3. The number of halogens is 3. The van der Waals surface area contributed by atoms with Crippen LogP contribution in [0.1, 0.15) is 18.2 Å². The third kappa shape index (κ3) is 2.56. The summed E-state index contributed by atoms with van der Waals surface area (Å²) in [5.74, 6) is -3.90. The van der Waals surface area contributed by atoms with Crippen molar-refractivity contribution in [3.05, 3.63) is 59.4 Å². The summed E-state index contributed by atoms with van der Waals surface area (Å²) in [6, 6.07) is 1.86. The van der Waals surface area contributed by atoms with Crippen LogP contribution in [-0.2, 0) is 0 Å². The molecule has 1 aromatic carbocycles. The highest BCUT2D eigenvalue weighted by Crippen LogP contribution is 2.18. The van der Waals surface area contributed by atoms with Crippen molar-refractivity contribution in [3.8, 4) is 0 Å². The lowest BCUT2D eigenvalue weighted by Gasteiger charge is -2.02. The monoisotopic (exact) mass is 250 g/mol. The molecule has 1 heterocycles. The molecule has 0 saturated heterocycles. The second kappa shape index (κ2) is 5.00. The maximum Gasteiger partial charge on any atom is 0.194 e. The van der Waals surface area contributed by atoms with Gasteiger partial charge in [-0.25, -0.2) is 13.2 Å². The summed E-state index contributed by atoms with van der Waals surface area (Å²) in [6.45, 7) is 1.73. The number of nitrogens with zero attached hydrogens (tertiary/aromatic N) is 2. The molecule has 5 heteroatoms. The van der Waals surface area contributed by atoms with Crippen LogP contribution in [0, 0.1) is 17.5 Å². The number of hydrogen-bond donors (Lipinski definition) is 0. The van der Waals surface area contributed by atoms with Crippen molar-refractivity contribution >= 4 is 11.6 Å². The van der Waals surface area contributed by atoms with E-state index in [1.54, 1.807) is 6.92 Å². The molecule has 0 saturated carbocycles. The van der Waals surface area contributed by atoms with Gasteiger partial charge < -0.3 is 0 Å². The summed E-state index contributed by atoms with van der Waals surface area (Å²) in [4.78, 5) is 7.93. The summed E-state index contributed by atoms with van der Waals surface area (Å²) in [6.07, 6.45) is 6.07. The van der Waals surface area contributed by atoms with Gasteiger partial charge in [0, 0.05) is 12.4 Å². The number of benzene rings is 1.